The molecule has 2 heterocycles. The molecular formula is C10H16N4O2. The molecule has 1 N–H and O–H groups in total. The number of carbonyl (C=O) groups excluding carboxylic acids is 1. The van der Waals surface area contributed by atoms with Gasteiger partial charge in [0, 0.05) is 26.7 Å². The molecule has 1 fully saturated rings. The quantitative estimate of drug-likeness (QED) is 0.746. The SMILES string of the molecule is Cn1cc(C(=O)N2CCC(CO)CC2)nn1. The van der Waals surface area contributed by atoms with E-state index in [1.54, 1.807) is 18.1 Å². The van der Waals surface area contributed by atoms with Crippen molar-refractivity contribution in [2.75, 3.05) is 19.7 Å². The number of aliphatic hydroxyl groups is 1. The van der Waals surface area contributed by atoms with Gasteiger partial charge in [-0.3, -0.25) is 9.48 Å². The summed E-state index contributed by atoms with van der Waals surface area (Å²) in [5.41, 5.74) is 0.393. The molecule has 0 unspecified atom stereocenters. The van der Waals surface area contributed by atoms with Gasteiger partial charge in [0.15, 0.2) is 5.69 Å². The Morgan fingerprint density at radius 2 is 2.25 bits per heavy atom. The maximum absolute atomic E-state index is 12.0. The van der Waals surface area contributed by atoms with Gasteiger partial charge in [-0.2, -0.15) is 0 Å². The Morgan fingerprint density at radius 1 is 1.56 bits per heavy atom. The summed E-state index contributed by atoms with van der Waals surface area (Å²) < 4.78 is 1.52. The highest BCUT2D eigenvalue weighted by molar-refractivity contribution is 5.91. The van der Waals surface area contributed by atoms with Gasteiger partial charge in [-0.1, -0.05) is 5.21 Å². The monoisotopic (exact) mass is 224 g/mol. The van der Waals surface area contributed by atoms with Gasteiger partial charge in [0.2, 0.25) is 0 Å². The third-order valence-electron chi connectivity index (χ3n) is 2.98. The van der Waals surface area contributed by atoms with E-state index < -0.39 is 0 Å². The molecule has 1 aliphatic rings. The Morgan fingerprint density at radius 3 is 2.75 bits per heavy atom. The van der Waals surface area contributed by atoms with Crippen molar-refractivity contribution in [1.82, 2.24) is 19.9 Å². The second-order valence-electron chi connectivity index (χ2n) is 4.20. The van der Waals surface area contributed by atoms with Gasteiger partial charge in [0.25, 0.3) is 5.91 Å². The molecule has 1 amide bonds. The molecule has 0 bridgehead atoms. The molecule has 6 heteroatoms. The molecule has 0 radical (unpaired) electrons. The summed E-state index contributed by atoms with van der Waals surface area (Å²) in [6.07, 6.45) is 3.35. The van der Waals surface area contributed by atoms with Crippen LogP contribution in [0.3, 0.4) is 0 Å². The zero-order valence-electron chi connectivity index (χ0n) is 9.33. The molecule has 1 saturated heterocycles. The summed E-state index contributed by atoms with van der Waals surface area (Å²) in [5, 5.41) is 16.6. The number of piperidine rings is 1. The van der Waals surface area contributed by atoms with E-state index in [2.05, 4.69) is 10.3 Å². The van der Waals surface area contributed by atoms with E-state index in [0.29, 0.717) is 24.7 Å². The molecule has 1 aromatic heterocycles. The second kappa shape index (κ2) is 4.61. The van der Waals surface area contributed by atoms with Crippen molar-refractivity contribution >= 4 is 5.91 Å². The normalized spacial score (nSPS) is 17.8. The number of aliphatic hydroxyl groups excluding tert-OH is 1. The maximum atomic E-state index is 12.0. The number of carbonyl (C=O) groups is 1. The molecule has 0 aliphatic carbocycles. The Balaban J connectivity index is 1.96. The number of hydrogen-bond acceptors (Lipinski definition) is 4. The molecule has 16 heavy (non-hydrogen) atoms. The average Bonchev–Trinajstić information content (AvgIpc) is 2.75. The molecule has 0 atom stereocenters. The lowest BCUT2D eigenvalue weighted by Crippen LogP contribution is -2.39. The molecule has 88 valence electrons. The van der Waals surface area contributed by atoms with Crippen LogP contribution in [-0.4, -0.2) is 50.6 Å². The number of rotatable bonds is 2. The van der Waals surface area contributed by atoms with Crippen molar-refractivity contribution < 1.29 is 9.90 Å². The minimum atomic E-state index is -0.0653. The largest absolute Gasteiger partial charge is 0.396 e. The number of likely N-dealkylation sites (tertiary alicyclic amines) is 1. The number of hydrogen-bond donors (Lipinski definition) is 1. The van der Waals surface area contributed by atoms with Crippen LogP contribution < -0.4 is 0 Å². The summed E-state index contributed by atoms with van der Waals surface area (Å²) >= 11 is 0. The third-order valence-corrected chi connectivity index (χ3v) is 2.98. The van der Waals surface area contributed by atoms with Crippen molar-refractivity contribution in [2.45, 2.75) is 12.8 Å². The van der Waals surface area contributed by atoms with E-state index in [1.165, 1.54) is 4.68 Å². The zero-order valence-corrected chi connectivity index (χ0v) is 9.33. The van der Waals surface area contributed by atoms with Gasteiger partial charge in [-0.15, -0.1) is 5.10 Å². The minimum absolute atomic E-state index is 0.0653. The lowest BCUT2D eigenvalue weighted by Gasteiger charge is -2.30. The van der Waals surface area contributed by atoms with Crippen molar-refractivity contribution in [2.24, 2.45) is 13.0 Å². The summed E-state index contributed by atoms with van der Waals surface area (Å²) in [5.74, 6) is 0.274. The van der Waals surface area contributed by atoms with Crippen LogP contribution in [0.4, 0.5) is 0 Å². The van der Waals surface area contributed by atoms with Gasteiger partial charge in [0.05, 0.1) is 6.20 Å². The van der Waals surface area contributed by atoms with Crippen LogP contribution in [0.5, 0.6) is 0 Å². The fourth-order valence-electron chi connectivity index (χ4n) is 1.93. The number of aromatic nitrogens is 3. The van der Waals surface area contributed by atoms with Crippen LogP contribution in [0.15, 0.2) is 6.20 Å². The first-order chi connectivity index (χ1) is 7.70. The Labute approximate surface area is 93.9 Å². The van der Waals surface area contributed by atoms with Crippen molar-refractivity contribution in [3.8, 4) is 0 Å². The molecule has 1 aromatic rings. The topological polar surface area (TPSA) is 71.2 Å². The zero-order chi connectivity index (χ0) is 11.5. The highest BCUT2D eigenvalue weighted by Gasteiger charge is 2.24. The van der Waals surface area contributed by atoms with E-state index in [0.717, 1.165) is 12.8 Å². The van der Waals surface area contributed by atoms with E-state index in [4.69, 9.17) is 5.11 Å². The van der Waals surface area contributed by atoms with E-state index in [-0.39, 0.29) is 12.5 Å². The van der Waals surface area contributed by atoms with E-state index in [1.807, 2.05) is 0 Å². The van der Waals surface area contributed by atoms with E-state index >= 15 is 0 Å². The van der Waals surface area contributed by atoms with Crippen LogP contribution in [0.25, 0.3) is 0 Å². The molecule has 2 rings (SSSR count). The smallest absolute Gasteiger partial charge is 0.276 e. The average molecular weight is 224 g/mol. The Hall–Kier alpha value is -1.43. The Kier molecular flexibility index (Phi) is 3.19. The van der Waals surface area contributed by atoms with Gasteiger partial charge < -0.3 is 10.0 Å². The molecular weight excluding hydrogens is 208 g/mol. The molecule has 1 aliphatic heterocycles. The van der Waals surface area contributed by atoms with Crippen molar-refractivity contribution in [1.29, 1.82) is 0 Å². The Bertz CT molecular complexity index is 369. The number of aryl methyl sites for hydroxylation is 1. The molecule has 0 spiro atoms. The molecule has 0 aromatic carbocycles. The number of amides is 1. The molecule has 6 nitrogen and oxygen atoms in total. The molecule has 0 saturated carbocycles. The lowest BCUT2D eigenvalue weighted by molar-refractivity contribution is 0.0645. The maximum Gasteiger partial charge on any atom is 0.276 e. The standard InChI is InChI=1S/C10H16N4O2/c1-13-6-9(11-12-13)10(16)14-4-2-8(7-15)3-5-14/h6,8,15H,2-5,7H2,1H3. The van der Waals surface area contributed by atoms with E-state index in [9.17, 15) is 4.79 Å². The van der Waals surface area contributed by atoms with Gasteiger partial charge in [0.1, 0.15) is 0 Å². The van der Waals surface area contributed by atoms with Gasteiger partial charge in [-0.25, -0.2) is 0 Å². The summed E-state index contributed by atoms with van der Waals surface area (Å²) in [4.78, 5) is 13.7. The van der Waals surface area contributed by atoms with Crippen LogP contribution >= 0.6 is 0 Å². The highest BCUT2D eigenvalue weighted by atomic mass is 16.3. The van der Waals surface area contributed by atoms with Crippen molar-refractivity contribution in [3.63, 3.8) is 0 Å². The predicted molar refractivity (Wildman–Crippen MR) is 56.7 cm³/mol. The first-order valence-electron chi connectivity index (χ1n) is 5.47. The predicted octanol–water partition coefficient (Wildman–Crippen LogP) is -0.340. The number of nitrogens with zero attached hydrogens (tertiary/aromatic N) is 4. The first kappa shape index (κ1) is 11.1. The summed E-state index contributed by atoms with van der Waals surface area (Å²) in [7, 11) is 1.74. The fraction of sp³-hybridized carbons (Fsp3) is 0.700. The fourth-order valence-corrected chi connectivity index (χ4v) is 1.93. The van der Waals surface area contributed by atoms with Gasteiger partial charge in [-0.05, 0) is 18.8 Å². The van der Waals surface area contributed by atoms with Crippen LogP contribution in [0, 0.1) is 5.92 Å². The second-order valence-corrected chi connectivity index (χ2v) is 4.20. The lowest BCUT2D eigenvalue weighted by atomic mass is 9.98. The minimum Gasteiger partial charge on any atom is -0.396 e. The summed E-state index contributed by atoms with van der Waals surface area (Å²) in [6.45, 7) is 1.61. The first-order valence-corrected chi connectivity index (χ1v) is 5.47. The van der Waals surface area contributed by atoms with Crippen LogP contribution in [0.1, 0.15) is 23.3 Å². The van der Waals surface area contributed by atoms with Gasteiger partial charge >= 0.3 is 0 Å². The van der Waals surface area contributed by atoms with Crippen LogP contribution in [-0.2, 0) is 7.05 Å². The van der Waals surface area contributed by atoms with Crippen molar-refractivity contribution in [3.05, 3.63) is 11.9 Å². The highest BCUT2D eigenvalue weighted by Crippen LogP contribution is 2.17. The van der Waals surface area contributed by atoms with Crippen LogP contribution in [0.2, 0.25) is 0 Å². The summed E-state index contributed by atoms with van der Waals surface area (Å²) in [6, 6.07) is 0. The third kappa shape index (κ3) is 2.21.